The van der Waals surface area contributed by atoms with Gasteiger partial charge in [0, 0.05) is 11.7 Å². The first-order valence-corrected chi connectivity index (χ1v) is 9.55. The van der Waals surface area contributed by atoms with E-state index < -0.39 is 0 Å². The topological polar surface area (TPSA) is 87.6 Å². The molecule has 1 aliphatic rings. The fourth-order valence-corrected chi connectivity index (χ4v) is 3.64. The van der Waals surface area contributed by atoms with Crippen LogP contribution in [-0.4, -0.2) is 32.1 Å². The van der Waals surface area contributed by atoms with Crippen molar-refractivity contribution >= 4 is 11.7 Å². The van der Waals surface area contributed by atoms with Gasteiger partial charge in [0.15, 0.2) is 0 Å². The van der Waals surface area contributed by atoms with Gasteiger partial charge in [-0.05, 0) is 55.5 Å². The van der Waals surface area contributed by atoms with E-state index >= 15 is 0 Å². The summed E-state index contributed by atoms with van der Waals surface area (Å²) < 4.78 is 15.0. The van der Waals surface area contributed by atoms with E-state index in [1.54, 1.807) is 23.0 Å². The number of aromatic amines is 1. The maximum Gasteiger partial charge on any atom is 0.319 e. The number of benzene rings is 1. The van der Waals surface area contributed by atoms with Crippen LogP contribution in [0.3, 0.4) is 0 Å². The summed E-state index contributed by atoms with van der Waals surface area (Å²) in [6, 6.07) is 5.99. The standard InChI is InChI=1S/C20H23FN6O/c1-2-3-19-18(12-23-27(19)16-7-4-14(21)5-8-16)25-20(28)24-15-6-9-17-13(10-15)11-22-26-17/h4-5,7-8,11-12,15H,2-3,6,9-10H2,1H3,(H,22,26)(H2,24,25,28). The fraction of sp³-hybridized carbons (Fsp3) is 0.350. The molecule has 1 unspecified atom stereocenters. The van der Waals surface area contributed by atoms with Crippen LogP contribution >= 0.6 is 0 Å². The summed E-state index contributed by atoms with van der Waals surface area (Å²) in [4.78, 5) is 12.5. The van der Waals surface area contributed by atoms with Gasteiger partial charge in [-0.15, -0.1) is 0 Å². The molecule has 2 amide bonds. The van der Waals surface area contributed by atoms with Crippen molar-refractivity contribution in [1.29, 1.82) is 0 Å². The Kier molecular flexibility index (Phi) is 5.10. The number of amides is 2. The molecule has 0 aliphatic heterocycles. The zero-order chi connectivity index (χ0) is 19.5. The van der Waals surface area contributed by atoms with Crippen molar-refractivity contribution in [3.63, 3.8) is 0 Å². The second-order valence-electron chi connectivity index (χ2n) is 7.06. The van der Waals surface area contributed by atoms with Crippen LogP contribution in [0.2, 0.25) is 0 Å². The van der Waals surface area contributed by atoms with Crippen LogP contribution in [0.25, 0.3) is 5.69 Å². The Bertz CT molecular complexity index is 961. The molecule has 0 bridgehead atoms. The number of carbonyl (C=O) groups is 1. The summed E-state index contributed by atoms with van der Waals surface area (Å²) in [5, 5.41) is 17.4. The molecule has 4 rings (SSSR count). The highest BCUT2D eigenvalue weighted by Crippen LogP contribution is 2.22. The van der Waals surface area contributed by atoms with Crippen molar-refractivity contribution in [2.45, 2.75) is 45.1 Å². The lowest BCUT2D eigenvalue weighted by Gasteiger charge is -2.23. The number of carbonyl (C=O) groups excluding carboxylic acids is 1. The third-order valence-electron chi connectivity index (χ3n) is 5.03. The molecule has 3 aromatic rings. The number of halogens is 1. The molecule has 1 aliphatic carbocycles. The van der Waals surface area contributed by atoms with Crippen LogP contribution in [0.15, 0.2) is 36.7 Å². The van der Waals surface area contributed by atoms with Crippen molar-refractivity contribution in [3.8, 4) is 5.69 Å². The SMILES string of the molecule is CCCc1c(NC(=O)NC2CCc3[nH]ncc3C2)cnn1-c1ccc(F)cc1. The van der Waals surface area contributed by atoms with Gasteiger partial charge in [-0.2, -0.15) is 10.2 Å². The highest BCUT2D eigenvalue weighted by Gasteiger charge is 2.22. The highest BCUT2D eigenvalue weighted by atomic mass is 19.1. The molecule has 0 radical (unpaired) electrons. The second-order valence-corrected chi connectivity index (χ2v) is 7.06. The van der Waals surface area contributed by atoms with E-state index in [2.05, 4.69) is 32.9 Å². The molecule has 1 aromatic carbocycles. The van der Waals surface area contributed by atoms with Crippen molar-refractivity contribution in [1.82, 2.24) is 25.3 Å². The number of rotatable bonds is 5. The van der Waals surface area contributed by atoms with E-state index in [1.165, 1.54) is 12.1 Å². The van der Waals surface area contributed by atoms with E-state index in [1.807, 2.05) is 6.20 Å². The summed E-state index contributed by atoms with van der Waals surface area (Å²) in [6.07, 6.45) is 7.64. The van der Waals surface area contributed by atoms with Crippen molar-refractivity contribution < 1.29 is 9.18 Å². The first-order valence-electron chi connectivity index (χ1n) is 9.55. The van der Waals surface area contributed by atoms with E-state index in [4.69, 9.17) is 0 Å². The molecule has 8 heteroatoms. The highest BCUT2D eigenvalue weighted by molar-refractivity contribution is 5.90. The first-order chi connectivity index (χ1) is 13.6. The Hall–Kier alpha value is -3.16. The molecule has 0 spiro atoms. The molecule has 0 saturated carbocycles. The predicted molar refractivity (Wildman–Crippen MR) is 104 cm³/mol. The number of fused-ring (bicyclic) bond motifs is 1. The zero-order valence-corrected chi connectivity index (χ0v) is 15.7. The number of urea groups is 1. The van der Waals surface area contributed by atoms with Crippen LogP contribution in [0.1, 0.15) is 36.7 Å². The van der Waals surface area contributed by atoms with Crippen LogP contribution in [0.5, 0.6) is 0 Å². The van der Waals surface area contributed by atoms with Gasteiger partial charge < -0.3 is 10.6 Å². The monoisotopic (exact) mass is 382 g/mol. The zero-order valence-electron chi connectivity index (χ0n) is 15.7. The van der Waals surface area contributed by atoms with Gasteiger partial charge >= 0.3 is 6.03 Å². The summed E-state index contributed by atoms with van der Waals surface area (Å²) in [5.41, 5.74) is 4.64. The number of H-pyrrole nitrogens is 1. The first kappa shape index (κ1) is 18.2. The second kappa shape index (κ2) is 7.84. The van der Waals surface area contributed by atoms with E-state index in [-0.39, 0.29) is 17.9 Å². The minimum Gasteiger partial charge on any atom is -0.335 e. The quantitative estimate of drug-likeness (QED) is 0.632. The number of aromatic nitrogens is 4. The molecule has 0 saturated heterocycles. The summed E-state index contributed by atoms with van der Waals surface area (Å²) >= 11 is 0. The van der Waals surface area contributed by atoms with Crippen LogP contribution in [-0.2, 0) is 19.3 Å². The Morgan fingerprint density at radius 1 is 1.32 bits per heavy atom. The lowest BCUT2D eigenvalue weighted by molar-refractivity contribution is 0.247. The number of hydrogen-bond acceptors (Lipinski definition) is 3. The normalized spacial score (nSPS) is 15.9. The average Bonchev–Trinajstić information content (AvgIpc) is 3.30. The van der Waals surface area contributed by atoms with E-state index in [0.717, 1.165) is 54.7 Å². The minimum atomic E-state index is -0.293. The predicted octanol–water partition coefficient (Wildman–Crippen LogP) is 3.37. The summed E-state index contributed by atoms with van der Waals surface area (Å²) in [5.74, 6) is -0.293. The number of nitrogens with zero attached hydrogens (tertiary/aromatic N) is 3. The average molecular weight is 382 g/mol. The third-order valence-corrected chi connectivity index (χ3v) is 5.03. The molecule has 1 atom stereocenters. The van der Waals surface area contributed by atoms with Gasteiger partial charge in [0.25, 0.3) is 0 Å². The minimum absolute atomic E-state index is 0.0758. The Morgan fingerprint density at radius 3 is 2.93 bits per heavy atom. The van der Waals surface area contributed by atoms with Gasteiger partial charge in [-0.3, -0.25) is 5.10 Å². The molecule has 28 heavy (non-hydrogen) atoms. The lowest BCUT2D eigenvalue weighted by atomic mass is 9.94. The van der Waals surface area contributed by atoms with Crippen LogP contribution in [0.4, 0.5) is 14.9 Å². The summed E-state index contributed by atoms with van der Waals surface area (Å²) in [6.45, 7) is 2.07. The molecule has 3 N–H and O–H groups in total. The Labute approximate surface area is 162 Å². The lowest BCUT2D eigenvalue weighted by Crippen LogP contribution is -2.41. The van der Waals surface area contributed by atoms with Gasteiger partial charge in [-0.1, -0.05) is 13.3 Å². The molecular formula is C20H23FN6O. The number of anilines is 1. The number of hydrogen-bond donors (Lipinski definition) is 3. The van der Waals surface area contributed by atoms with Crippen molar-refractivity contribution in [2.24, 2.45) is 0 Å². The molecule has 2 aromatic heterocycles. The molecule has 0 fully saturated rings. The number of nitrogens with one attached hydrogen (secondary N) is 3. The number of aryl methyl sites for hydroxylation is 1. The van der Waals surface area contributed by atoms with Crippen LogP contribution < -0.4 is 10.6 Å². The van der Waals surface area contributed by atoms with E-state index in [0.29, 0.717) is 5.69 Å². The van der Waals surface area contributed by atoms with E-state index in [9.17, 15) is 9.18 Å². The van der Waals surface area contributed by atoms with Gasteiger partial charge in [0.2, 0.25) is 0 Å². The van der Waals surface area contributed by atoms with Gasteiger partial charge in [0.1, 0.15) is 5.82 Å². The van der Waals surface area contributed by atoms with Gasteiger partial charge in [0.05, 0.1) is 29.5 Å². The molecule has 146 valence electrons. The fourth-order valence-electron chi connectivity index (χ4n) is 3.64. The van der Waals surface area contributed by atoms with Crippen molar-refractivity contribution in [3.05, 3.63) is 59.4 Å². The maximum absolute atomic E-state index is 13.2. The van der Waals surface area contributed by atoms with Crippen molar-refractivity contribution in [2.75, 3.05) is 5.32 Å². The molecular weight excluding hydrogens is 359 g/mol. The third kappa shape index (κ3) is 3.76. The summed E-state index contributed by atoms with van der Waals surface area (Å²) in [7, 11) is 0. The largest absolute Gasteiger partial charge is 0.335 e. The molecule has 2 heterocycles. The Balaban J connectivity index is 1.47. The maximum atomic E-state index is 13.2. The molecule has 7 nitrogen and oxygen atoms in total. The van der Waals surface area contributed by atoms with Gasteiger partial charge in [-0.25, -0.2) is 13.9 Å². The smallest absolute Gasteiger partial charge is 0.319 e. The Morgan fingerprint density at radius 2 is 2.14 bits per heavy atom. The van der Waals surface area contributed by atoms with Crippen LogP contribution in [0, 0.1) is 5.82 Å².